The van der Waals surface area contributed by atoms with Crippen molar-refractivity contribution >= 4 is 9.76 Å². The van der Waals surface area contributed by atoms with Gasteiger partial charge in [0.2, 0.25) is 0 Å². The smallest absolute Gasteiger partial charge is 0.167 e. The van der Waals surface area contributed by atoms with Gasteiger partial charge in [0.25, 0.3) is 0 Å². The lowest BCUT2D eigenvalue weighted by Crippen LogP contribution is -2.22. The van der Waals surface area contributed by atoms with Gasteiger partial charge >= 0.3 is 0 Å². The van der Waals surface area contributed by atoms with Crippen molar-refractivity contribution in [3.63, 3.8) is 0 Å². The Kier molecular flexibility index (Phi) is 4.85. The Balaban J connectivity index is 2.49. The molecule has 4 heteroatoms. The number of rotatable bonds is 5. The third-order valence-corrected chi connectivity index (χ3v) is 5.21. The van der Waals surface area contributed by atoms with Crippen LogP contribution < -0.4 is 0 Å². The van der Waals surface area contributed by atoms with Crippen LogP contribution in [0.1, 0.15) is 39.0 Å². The van der Waals surface area contributed by atoms with Crippen molar-refractivity contribution in [3.05, 3.63) is 29.6 Å². The highest BCUT2D eigenvalue weighted by molar-refractivity contribution is 6.32. The number of pyridine rings is 1. The van der Waals surface area contributed by atoms with Crippen LogP contribution in [0.25, 0.3) is 0 Å². The largest absolute Gasteiger partial charge is 0.419 e. The minimum Gasteiger partial charge on any atom is -0.419 e. The van der Waals surface area contributed by atoms with Crippen molar-refractivity contribution in [1.29, 1.82) is 5.26 Å². The molecule has 1 heterocycles. The lowest BCUT2D eigenvalue weighted by molar-refractivity contribution is 0.291. The van der Waals surface area contributed by atoms with Crippen LogP contribution in [0, 0.1) is 17.2 Å². The quantitative estimate of drug-likeness (QED) is 0.752. The van der Waals surface area contributed by atoms with Crippen LogP contribution in [0.15, 0.2) is 18.3 Å². The zero-order valence-corrected chi connectivity index (χ0v) is 12.4. The normalized spacial score (nSPS) is 12.2. The van der Waals surface area contributed by atoms with E-state index in [9.17, 15) is 0 Å². The molecule has 0 unspecified atom stereocenters. The molecule has 0 aliphatic rings. The van der Waals surface area contributed by atoms with Gasteiger partial charge in [-0.05, 0) is 28.7 Å². The van der Waals surface area contributed by atoms with E-state index in [1.807, 2.05) is 12.1 Å². The molecule has 92 valence electrons. The van der Waals surface area contributed by atoms with E-state index in [-0.39, 0.29) is 0 Å². The van der Waals surface area contributed by atoms with E-state index in [4.69, 9.17) is 9.69 Å². The molecule has 0 radical (unpaired) electrons. The summed E-state index contributed by atoms with van der Waals surface area (Å²) in [7, 11) is -0.574. The predicted molar refractivity (Wildman–Crippen MR) is 71.2 cm³/mol. The van der Waals surface area contributed by atoms with Crippen molar-refractivity contribution in [1.82, 2.24) is 4.98 Å². The molecular formula is C13H20N2OSi. The molecule has 0 saturated carbocycles. The summed E-state index contributed by atoms with van der Waals surface area (Å²) in [5, 5.41) is 9.06. The lowest BCUT2D eigenvalue weighted by Gasteiger charge is -2.28. The van der Waals surface area contributed by atoms with Gasteiger partial charge in [0.1, 0.15) is 11.8 Å². The van der Waals surface area contributed by atoms with Gasteiger partial charge in [-0.1, -0.05) is 27.7 Å². The van der Waals surface area contributed by atoms with Gasteiger partial charge in [-0.25, -0.2) is 4.98 Å². The first-order valence-corrected chi connectivity index (χ1v) is 7.17. The standard InChI is InChI=1S/C13H20N2OSi/c1-10(2)13(3,4)17-16-9-11-5-6-15-12(7-11)8-14/h5-7,10H,9,17H2,1-4H3. The summed E-state index contributed by atoms with van der Waals surface area (Å²) in [4.78, 5) is 3.94. The second-order valence-electron chi connectivity index (χ2n) is 5.30. The summed E-state index contributed by atoms with van der Waals surface area (Å²) in [6.45, 7) is 9.58. The van der Waals surface area contributed by atoms with Gasteiger partial charge in [-0.15, -0.1) is 0 Å². The summed E-state index contributed by atoms with van der Waals surface area (Å²) in [5.41, 5.74) is 1.49. The molecule has 0 aromatic carbocycles. The van der Waals surface area contributed by atoms with E-state index >= 15 is 0 Å². The fourth-order valence-corrected chi connectivity index (χ4v) is 2.42. The third kappa shape index (κ3) is 4.29. The van der Waals surface area contributed by atoms with Crippen molar-refractivity contribution in [2.45, 2.75) is 39.3 Å². The van der Waals surface area contributed by atoms with Crippen LogP contribution in [0.4, 0.5) is 0 Å². The Bertz CT molecular complexity index is 410. The molecule has 0 atom stereocenters. The summed E-state index contributed by atoms with van der Waals surface area (Å²) in [6.07, 6.45) is 1.66. The molecule has 0 amide bonds. The van der Waals surface area contributed by atoms with Gasteiger partial charge in [-0.2, -0.15) is 5.26 Å². The van der Waals surface area contributed by atoms with E-state index in [1.165, 1.54) is 0 Å². The minimum atomic E-state index is -0.574. The van der Waals surface area contributed by atoms with Crippen LogP contribution >= 0.6 is 0 Å². The highest BCUT2D eigenvalue weighted by Crippen LogP contribution is 2.32. The number of aromatic nitrogens is 1. The van der Waals surface area contributed by atoms with Gasteiger partial charge in [0.15, 0.2) is 9.76 Å². The molecule has 0 N–H and O–H groups in total. The summed E-state index contributed by atoms with van der Waals surface area (Å²) < 4.78 is 5.85. The average Bonchev–Trinajstić information content (AvgIpc) is 2.29. The number of nitrogens with zero attached hydrogens (tertiary/aromatic N) is 2. The van der Waals surface area contributed by atoms with Crippen molar-refractivity contribution in [3.8, 4) is 6.07 Å². The van der Waals surface area contributed by atoms with Crippen molar-refractivity contribution in [2.75, 3.05) is 0 Å². The molecule has 0 spiro atoms. The van der Waals surface area contributed by atoms with Crippen LogP contribution in [-0.4, -0.2) is 14.7 Å². The van der Waals surface area contributed by atoms with Crippen LogP contribution in [0.2, 0.25) is 5.04 Å². The molecule has 0 aliphatic carbocycles. The molecule has 0 fully saturated rings. The Morgan fingerprint density at radius 2 is 2.24 bits per heavy atom. The summed E-state index contributed by atoms with van der Waals surface area (Å²) >= 11 is 0. The highest BCUT2D eigenvalue weighted by atomic mass is 28.2. The lowest BCUT2D eigenvalue weighted by atomic mass is 9.99. The minimum absolute atomic E-state index is 0.311. The highest BCUT2D eigenvalue weighted by Gasteiger charge is 2.23. The maximum absolute atomic E-state index is 8.74. The topological polar surface area (TPSA) is 45.9 Å². The summed E-state index contributed by atoms with van der Waals surface area (Å²) in [6, 6.07) is 5.73. The van der Waals surface area contributed by atoms with E-state index in [0.29, 0.717) is 23.3 Å². The Morgan fingerprint density at radius 1 is 1.53 bits per heavy atom. The monoisotopic (exact) mass is 248 g/mol. The molecule has 3 nitrogen and oxygen atoms in total. The Hall–Kier alpha value is -1.18. The zero-order chi connectivity index (χ0) is 12.9. The number of hydrogen-bond donors (Lipinski definition) is 0. The maximum atomic E-state index is 8.74. The fraction of sp³-hybridized carbons (Fsp3) is 0.538. The first-order chi connectivity index (χ1) is 7.95. The average molecular weight is 248 g/mol. The molecule has 1 aromatic heterocycles. The van der Waals surface area contributed by atoms with Crippen LogP contribution in [0.5, 0.6) is 0 Å². The molecule has 0 bridgehead atoms. The molecule has 0 aliphatic heterocycles. The number of hydrogen-bond acceptors (Lipinski definition) is 3. The van der Waals surface area contributed by atoms with Gasteiger partial charge in [0, 0.05) is 6.20 Å². The second-order valence-corrected chi connectivity index (χ2v) is 7.82. The second kappa shape index (κ2) is 5.94. The first kappa shape index (κ1) is 13.9. The molecule has 17 heavy (non-hydrogen) atoms. The molecular weight excluding hydrogens is 228 g/mol. The summed E-state index contributed by atoms with van der Waals surface area (Å²) in [5.74, 6) is 0.640. The molecule has 1 rings (SSSR count). The van der Waals surface area contributed by atoms with Gasteiger partial charge in [-0.3, -0.25) is 0 Å². The Morgan fingerprint density at radius 3 is 2.82 bits per heavy atom. The van der Waals surface area contributed by atoms with E-state index in [0.717, 1.165) is 5.56 Å². The Labute approximate surface area is 106 Å². The van der Waals surface area contributed by atoms with Crippen molar-refractivity contribution < 1.29 is 4.43 Å². The molecule has 1 aromatic rings. The van der Waals surface area contributed by atoms with E-state index in [2.05, 4.69) is 32.7 Å². The van der Waals surface area contributed by atoms with Crippen LogP contribution in [-0.2, 0) is 11.0 Å². The molecule has 0 saturated heterocycles. The fourth-order valence-electron chi connectivity index (χ4n) is 1.22. The maximum Gasteiger partial charge on any atom is 0.167 e. The number of nitriles is 1. The third-order valence-electron chi connectivity index (χ3n) is 3.24. The first-order valence-electron chi connectivity index (χ1n) is 5.88. The predicted octanol–water partition coefficient (Wildman–Crippen LogP) is 2.41. The van der Waals surface area contributed by atoms with E-state index in [1.54, 1.807) is 12.3 Å². The van der Waals surface area contributed by atoms with Crippen molar-refractivity contribution in [2.24, 2.45) is 5.92 Å². The zero-order valence-electron chi connectivity index (χ0n) is 11.0. The van der Waals surface area contributed by atoms with Gasteiger partial charge in [0.05, 0.1) is 6.61 Å². The SMILES string of the molecule is CC(C)C(C)(C)[SiH2]OCc1ccnc(C#N)c1. The van der Waals surface area contributed by atoms with Gasteiger partial charge < -0.3 is 4.43 Å². The van der Waals surface area contributed by atoms with E-state index < -0.39 is 9.76 Å². The van der Waals surface area contributed by atoms with Crippen LogP contribution in [0.3, 0.4) is 0 Å².